The summed E-state index contributed by atoms with van der Waals surface area (Å²) >= 11 is 0. The molecular formula is C25H23F2N3O4S. The average Bonchev–Trinajstić information content (AvgIpc) is 3.67. The lowest BCUT2D eigenvalue weighted by Gasteiger charge is -2.15. The molecule has 1 fully saturated rings. The number of halogens is 2. The van der Waals surface area contributed by atoms with Gasteiger partial charge in [-0.05, 0) is 79.9 Å². The van der Waals surface area contributed by atoms with Gasteiger partial charge in [-0.1, -0.05) is 12.1 Å². The van der Waals surface area contributed by atoms with Crippen LogP contribution in [-0.2, 0) is 14.8 Å². The van der Waals surface area contributed by atoms with E-state index in [1.807, 2.05) is 19.1 Å². The van der Waals surface area contributed by atoms with E-state index in [1.54, 1.807) is 12.1 Å². The lowest BCUT2D eigenvalue weighted by molar-refractivity contribution is -0.117. The molecule has 0 aliphatic heterocycles. The molecule has 1 aliphatic rings. The number of hydrogen-bond donors (Lipinski definition) is 3. The van der Waals surface area contributed by atoms with Crippen LogP contribution in [-0.4, -0.2) is 20.2 Å². The van der Waals surface area contributed by atoms with E-state index in [0.29, 0.717) is 17.3 Å². The Balaban J connectivity index is 1.35. The summed E-state index contributed by atoms with van der Waals surface area (Å²) in [7, 11) is -4.14. The minimum absolute atomic E-state index is 0.0228. The van der Waals surface area contributed by atoms with E-state index in [0.717, 1.165) is 30.5 Å². The Kier molecular flexibility index (Phi) is 6.83. The number of nitrogens with one attached hydrogen (secondary N) is 3. The van der Waals surface area contributed by atoms with Crippen LogP contribution >= 0.6 is 0 Å². The van der Waals surface area contributed by atoms with Gasteiger partial charge in [-0.25, -0.2) is 17.2 Å². The fraction of sp³-hybridized carbons (Fsp3) is 0.200. The van der Waals surface area contributed by atoms with Crippen LogP contribution < -0.4 is 15.4 Å². The Hall–Kier alpha value is -3.79. The molecule has 0 radical (unpaired) electrons. The number of anilines is 2. The molecule has 7 nitrogen and oxygen atoms in total. The van der Waals surface area contributed by atoms with Gasteiger partial charge in [0.25, 0.3) is 15.9 Å². The number of carbonyl (C=O) groups is 2. The first-order valence-corrected chi connectivity index (χ1v) is 12.4. The fourth-order valence-electron chi connectivity index (χ4n) is 3.36. The molecule has 1 aliphatic carbocycles. The van der Waals surface area contributed by atoms with E-state index < -0.39 is 26.6 Å². The summed E-state index contributed by atoms with van der Waals surface area (Å²) in [5, 5.41) is 5.73. The van der Waals surface area contributed by atoms with E-state index in [-0.39, 0.29) is 29.5 Å². The van der Waals surface area contributed by atoms with E-state index in [2.05, 4.69) is 15.4 Å². The maximum absolute atomic E-state index is 13.4. The average molecular weight is 500 g/mol. The highest BCUT2D eigenvalue weighted by molar-refractivity contribution is 7.92. The second-order valence-corrected chi connectivity index (χ2v) is 10.0. The monoisotopic (exact) mass is 499 g/mol. The summed E-state index contributed by atoms with van der Waals surface area (Å²) in [6.45, 7) is 1.82. The van der Waals surface area contributed by atoms with Crippen molar-refractivity contribution in [3.63, 3.8) is 0 Å². The molecule has 3 N–H and O–H groups in total. The molecule has 35 heavy (non-hydrogen) atoms. The molecule has 0 spiro atoms. The molecule has 3 aromatic rings. The van der Waals surface area contributed by atoms with Crippen LogP contribution in [0.5, 0.6) is 0 Å². The molecule has 3 aromatic carbocycles. The normalized spacial score (nSPS) is 14.1. The van der Waals surface area contributed by atoms with Crippen LogP contribution in [0.1, 0.15) is 41.7 Å². The van der Waals surface area contributed by atoms with E-state index >= 15 is 0 Å². The number of rotatable bonds is 8. The standard InChI is InChI=1S/C25H23F2N3O4S/c1-15(16-4-8-19(9-5-16)29-25(32)17-2-3-17)28-24(31)18-6-10-20(11-7-18)30-35(33,34)21-12-13-22(26)23(27)14-21/h4-15,17,30H,2-3H2,1H3,(H,28,31)(H,29,32). The first-order chi connectivity index (χ1) is 16.6. The fourth-order valence-corrected chi connectivity index (χ4v) is 4.43. The third kappa shape index (κ3) is 6.02. The van der Waals surface area contributed by atoms with Crippen LogP contribution in [0.25, 0.3) is 0 Å². The third-order valence-corrected chi connectivity index (χ3v) is 6.95. The number of amides is 2. The van der Waals surface area contributed by atoms with Crippen LogP contribution in [0, 0.1) is 17.6 Å². The third-order valence-electron chi connectivity index (χ3n) is 5.57. The van der Waals surface area contributed by atoms with Gasteiger partial charge in [-0.15, -0.1) is 0 Å². The highest BCUT2D eigenvalue weighted by Gasteiger charge is 2.29. The van der Waals surface area contributed by atoms with E-state index in [1.165, 1.54) is 24.3 Å². The van der Waals surface area contributed by atoms with Crippen LogP contribution in [0.2, 0.25) is 0 Å². The van der Waals surface area contributed by atoms with Gasteiger partial charge >= 0.3 is 0 Å². The van der Waals surface area contributed by atoms with Gasteiger partial charge in [0.05, 0.1) is 10.9 Å². The molecule has 1 atom stereocenters. The largest absolute Gasteiger partial charge is 0.346 e. The Morgan fingerprint density at radius 3 is 2.11 bits per heavy atom. The SMILES string of the molecule is CC(NC(=O)c1ccc(NS(=O)(=O)c2ccc(F)c(F)c2)cc1)c1ccc(NC(=O)C2CC2)cc1. The highest BCUT2D eigenvalue weighted by Crippen LogP contribution is 2.30. The van der Waals surface area contributed by atoms with Crippen LogP contribution in [0.3, 0.4) is 0 Å². The zero-order valence-corrected chi connectivity index (χ0v) is 19.5. The summed E-state index contributed by atoms with van der Waals surface area (Å²) in [6.07, 6.45) is 1.85. The predicted molar refractivity (Wildman–Crippen MR) is 127 cm³/mol. The summed E-state index contributed by atoms with van der Waals surface area (Å²) in [4.78, 5) is 24.1. The Labute approximate surface area is 201 Å². The molecule has 0 saturated heterocycles. The van der Waals surface area contributed by atoms with Gasteiger partial charge in [-0.2, -0.15) is 0 Å². The molecular weight excluding hydrogens is 476 g/mol. The van der Waals surface area contributed by atoms with Gasteiger partial charge in [-0.3, -0.25) is 14.3 Å². The zero-order valence-electron chi connectivity index (χ0n) is 18.7. The number of sulfonamides is 1. The summed E-state index contributed by atoms with van der Waals surface area (Å²) in [5.74, 6) is -2.65. The second kappa shape index (κ2) is 9.83. The first kappa shape index (κ1) is 24.3. The lowest BCUT2D eigenvalue weighted by Crippen LogP contribution is -2.26. The van der Waals surface area contributed by atoms with Crippen molar-refractivity contribution in [3.8, 4) is 0 Å². The molecule has 0 aromatic heterocycles. The predicted octanol–water partition coefficient (Wildman–Crippen LogP) is 4.61. The maximum Gasteiger partial charge on any atom is 0.261 e. The van der Waals surface area contributed by atoms with Gasteiger partial charge in [0.2, 0.25) is 5.91 Å². The van der Waals surface area contributed by atoms with Gasteiger partial charge < -0.3 is 10.6 Å². The Morgan fingerprint density at radius 1 is 0.886 bits per heavy atom. The zero-order chi connectivity index (χ0) is 25.2. The van der Waals surface area contributed by atoms with Crippen molar-refractivity contribution in [1.82, 2.24) is 5.32 Å². The summed E-state index contributed by atoms with van der Waals surface area (Å²) in [6, 6.07) is 14.9. The minimum Gasteiger partial charge on any atom is -0.346 e. The molecule has 182 valence electrons. The minimum atomic E-state index is -4.14. The Morgan fingerprint density at radius 2 is 1.51 bits per heavy atom. The number of carbonyl (C=O) groups excluding carboxylic acids is 2. The van der Waals surface area contributed by atoms with E-state index in [9.17, 15) is 26.8 Å². The number of hydrogen-bond acceptors (Lipinski definition) is 4. The lowest BCUT2D eigenvalue weighted by atomic mass is 10.1. The Bertz CT molecular complexity index is 1360. The molecule has 4 rings (SSSR count). The maximum atomic E-state index is 13.4. The first-order valence-electron chi connectivity index (χ1n) is 10.9. The molecule has 0 heterocycles. The van der Waals surface area contributed by atoms with Crippen molar-refractivity contribution < 1.29 is 26.8 Å². The van der Waals surface area contributed by atoms with Crippen molar-refractivity contribution in [2.24, 2.45) is 5.92 Å². The van der Waals surface area contributed by atoms with Crippen molar-refractivity contribution in [3.05, 3.63) is 89.5 Å². The molecule has 1 saturated carbocycles. The smallest absolute Gasteiger partial charge is 0.261 e. The highest BCUT2D eigenvalue weighted by atomic mass is 32.2. The summed E-state index contributed by atoms with van der Waals surface area (Å²) < 4.78 is 53.5. The van der Waals surface area contributed by atoms with Crippen molar-refractivity contribution in [1.29, 1.82) is 0 Å². The van der Waals surface area contributed by atoms with Crippen molar-refractivity contribution >= 4 is 33.2 Å². The molecule has 1 unspecified atom stereocenters. The van der Waals surface area contributed by atoms with Crippen LogP contribution in [0.4, 0.5) is 20.2 Å². The summed E-state index contributed by atoms with van der Waals surface area (Å²) in [5.41, 5.74) is 2.01. The number of benzene rings is 3. The second-order valence-electron chi connectivity index (χ2n) is 8.34. The quantitative estimate of drug-likeness (QED) is 0.421. The van der Waals surface area contributed by atoms with Crippen molar-refractivity contribution in [2.45, 2.75) is 30.7 Å². The molecule has 10 heteroatoms. The van der Waals surface area contributed by atoms with Gasteiger partial charge in [0.1, 0.15) is 0 Å². The van der Waals surface area contributed by atoms with Gasteiger partial charge in [0, 0.05) is 22.9 Å². The van der Waals surface area contributed by atoms with Gasteiger partial charge in [0.15, 0.2) is 11.6 Å². The molecule has 0 bridgehead atoms. The topological polar surface area (TPSA) is 104 Å². The van der Waals surface area contributed by atoms with Crippen molar-refractivity contribution in [2.75, 3.05) is 10.0 Å². The van der Waals surface area contributed by atoms with E-state index in [4.69, 9.17) is 0 Å². The van der Waals surface area contributed by atoms with Crippen LogP contribution in [0.15, 0.2) is 71.6 Å². The molecule has 2 amide bonds.